The number of thiophene rings is 1. The standard InChI is InChI=1S/C18H14BrN3O4S2/c19-15-9-10-16(27-15)28(25,26)22-14-7-3-12(4-8-14)18(24)21-13-5-1-11(2-6-13)17(20)23/h1-10,22H,(H2,20,23)(H,21,24). The summed E-state index contributed by atoms with van der Waals surface area (Å²) in [6, 6.07) is 15.4. The molecule has 0 unspecified atom stereocenters. The minimum Gasteiger partial charge on any atom is -0.366 e. The molecule has 2 amide bonds. The largest absolute Gasteiger partial charge is 0.366 e. The van der Waals surface area contributed by atoms with Crippen LogP contribution in [0.25, 0.3) is 0 Å². The third-order valence-corrected chi connectivity index (χ3v) is 7.14. The minimum absolute atomic E-state index is 0.181. The Hall–Kier alpha value is -2.69. The van der Waals surface area contributed by atoms with E-state index in [2.05, 4.69) is 26.0 Å². The molecule has 0 aliphatic carbocycles. The van der Waals surface area contributed by atoms with Gasteiger partial charge in [-0.2, -0.15) is 0 Å². The Labute approximate surface area is 173 Å². The second-order valence-electron chi connectivity index (χ2n) is 5.64. The quantitative estimate of drug-likeness (QED) is 0.499. The lowest BCUT2D eigenvalue weighted by Crippen LogP contribution is -2.14. The first kappa shape index (κ1) is 20.1. The lowest BCUT2D eigenvalue weighted by Gasteiger charge is -2.08. The van der Waals surface area contributed by atoms with Crippen molar-refractivity contribution >= 4 is 60.5 Å². The van der Waals surface area contributed by atoms with Gasteiger partial charge >= 0.3 is 0 Å². The summed E-state index contributed by atoms with van der Waals surface area (Å²) < 4.78 is 28.0. The van der Waals surface area contributed by atoms with Crippen LogP contribution in [-0.2, 0) is 10.0 Å². The Morgan fingerprint density at radius 3 is 1.96 bits per heavy atom. The lowest BCUT2D eigenvalue weighted by atomic mass is 10.1. The predicted molar refractivity (Wildman–Crippen MR) is 112 cm³/mol. The Kier molecular flexibility index (Phi) is 5.82. The van der Waals surface area contributed by atoms with E-state index in [0.717, 1.165) is 11.3 Å². The van der Waals surface area contributed by atoms with Gasteiger partial charge in [-0.15, -0.1) is 11.3 Å². The first-order valence-electron chi connectivity index (χ1n) is 7.84. The number of anilines is 2. The molecular formula is C18H14BrN3O4S2. The highest BCUT2D eigenvalue weighted by Gasteiger charge is 2.17. The molecule has 0 atom stereocenters. The van der Waals surface area contributed by atoms with Gasteiger partial charge in [0.25, 0.3) is 15.9 Å². The van der Waals surface area contributed by atoms with E-state index < -0.39 is 15.9 Å². The van der Waals surface area contributed by atoms with Gasteiger partial charge in [0, 0.05) is 22.5 Å². The van der Waals surface area contributed by atoms with E-state index >= 15 is 0 Å². The van der Waals surface area contributed by atoms with Crippen molar-refractivity contribution in [3.05, 3.63) is 75.6 Å². The summed E-state index contributed by atoms with van der Waals surface area (Å²) in [6.07, 6.45) is 0. The second-order valence-corrected chi connectivity index (χ2v) is 10.0. The molecule has 144 valence electrons. The molecule has 10 heteroatoms. The SMILES string of the molecule is NC(=O)c1ccc(NC(=O)c2ccc(NS(=O)(=O)c3ccc(Br)s3)cc2)cc1. The summed E-state index contributed by atoms with van der Waals surface area (Å²) in [5.41, 5.74) is 6.71. The highest BCUT2D eigenvalue weighted by molar-refractivity contribution is 9.11. The number of benzene rings is 2. The van der Waals surface area contributed by atoms with Crippen molar-refractivity contribution in [3.8, 4) is 0 Å². The molecule has 4 N–H and O–H groups in total. The van der Waals surface area contributed by atoms with E-state index in [1.807, 2.05) is 0 Å². The van der Waals surface area contributed by atoms with E-state index in [0.29, 0.717) is 26.3 Å². The van der Waals surface area contributed by atoms with Crippen molar-refractivity contribution in [3.63, 3.8) is 0 Å². The van der Waals surface area contributed by atoms with Crippen molar-refractivity contribution in [2.24, 2.45) is 5.73 Å². The number of amides is 2. The van der Waals surface area contributed by atoms with Crippen LogP contribution in [0.2, 0.25) is 0 Å². The summed E-state index contributed by atoms with van der Waals surface area (Å²) in [4.78, 5) is 23.4. The molecule has 28 heavy (non-hydrogen) atoms. The van der Waals surface area contributed by atoms with Gasteiger partial charge < -0.3 is 11.1 Å². The first-order valence-corrected chi connectivity index (χ1v) is 10.9. The molecule has 3 rings (SSSR count). The molecule has 0 aliphatic heterocycles. The number of hydrogen-bond donors (Lipinski definition) is 3. The van der Waals surface area contributed by atoms with Crippen molar-refractivity contribution in [2.75, 3.05) is 10.0 Å². The molecule has 0 saturated carbocycles. The normalized spacial score (nSPS) is 11.0. The van der Waals surface area contributed by atoms with Crippen LogP contribution in [0.1, 0.15) is 20.7 Å². The summed E-state index contributed by atoms with van der Waals surface area (Å²) in [5.74, 6) is -0.922. The molecular weight excluding hydrogens is 466 g/mol. The smallest absolute Gasteiger partial charge is 0.271 e. The maximum Gasteiger partial charge on any atom is 0.271 e. The Morgan fingerprint density at radius 1 is 0.857 bits per heavy atom. The Morgan fingerprint density at radius 2 is 1.43 bits per heavy atom. The molecule has 3 aromatic rings. The second kappa shape index (κ2) is 8.13. The number of halogens is 1. The van der Waals surface area contributed by atoms with Crippen LogP contribution in [0.4, 0.5) is 11.4 Å². The number of carbonyl (C=O) groups is 2. The molecule has 1 aromatic heterocycles. The fourth-order valence-electron chi connectivity index (χ4n) is 2.26. The van der Waals surface area contributed by atoms with E-state index in [4.69, 9.17) is 5.73 Å². The van der Waals surface area contributed by atoms with Crippen LogP contribution in [0, 0.1) is 0 Å². The molecule has 7 nitrogen and oxygen atoms in total. The Balaban J connectivity index is 1.68. The maximum atomic E-state index is 12.3. The summed E-state index contributed by atoms with van der Waals surface area (Å²) in [6.45, 7) is 0. The fraction of sp³-hybridized carbons (Fsp3) is 0. The van der Waals surface area contributed by atoms with Gasteiger partial charge in [0.1, 0.15) is 4.21 Å². The van der Waals surface area contributed by atoms with E-state index in [1.165, 1.54) is 42.5 Å². The van der Waals surface area contributed by atoms with Gasteiger partial charge in [0.15, 0.2) is 0 Å². The zero-order chi connectivity index (χ0) is 20.3. The van der Waals surface area contributed by atoms with Crippen LogP contribution in [0.3, 0.4) is 0 Å². The van der Waals surface area contributed by atoms with Gasteiger partial charge in [0.2, 0.25) is 5.91 Å². The highest BCUT2D eigenvalue weighted by Crippen LogP contribution is 2.27. The molecule has 1 heterocycles. The number of rotatable bonds is 6. The monoisotopic (exact) mass is 479 g/mol. The third kappa shape index (κ3) is 4.77. The molecule has 0 bridgehead atoms. The molecule has 0 radical (unpaired) electrons. The molecule has 2 aromatic carbocycles. The summed E-state index contributed by atoms with van der Waals surface area (Å²) >= 11 is 4.33. The van der Waals surface area contributed by atoms with Gasteiger partial charge in [0.05, 0.1) is 3.79 Å². The van der Waals surface area contributed by atoms with E-state index in [1.54, 1.807) is 18.2 Å². The maximum absolute atomic E-state index is 12.3. The van der Waals surface area contributed by atoms with E-state index in [-0.39, 0.29) is 10.1 Å². The van der Waals surface area contributed by atoms with Crippen LogP contribution in [0.5, 0.6) is 0 Å². The van der Waals surface area contributed by atoms with Gasteiger partial charge in [-0.3, -0.25) is 14.3 Å². The average Bonchev–Trinajstić information content (AvgIpc) is 3.10. The van der Waals surface area contributed by atoms with Gasteiger partial charge in [-0.05, 0) is 76.6 Å². The number of nitrogens with two attached hydrogens (primary N) is 1. The number of sulfonamides is 1. The molecule has 0 fully saturated rings. The van der Waals surface area contributed by atoms with Crippen molar-refractivity contribution in [1.29, 1.82) is 0 Å². The fourth-order valence-corrected chi connectivity index (χ4v) is 5.33. The third-order valence-electron chi connectivity index (χ3n) is 3.64. The zero-order valence-electron chi connectivity index (χ0n) is 14.2. The average molecular weight is 480 g/mol. The molecule has 0 spiro atoms. The molecule has 0 saturated heterocycles. The predicted octanol–water partition coefficient (Wildman–Crippen LogP) is 3.66. The lowest BCUT2D eigenvalue weighted by molar-refractivity contribution is 0.0998. The van der Waals surface area contributed by atoms with Crippen LogP contribution in [0.15, 0.2) is 68.7 Å². The van der Waals surface area contributed by atoms with Crippen molar-refractivity contribution in [1.82, 2.24) is 0 Å². The zero-order valence-corrected chi connectivity index (χ0v) is 17.4. The van der Waals surface area contributed by atoms with E-state index in [9.17, 15) is 18.0 Å². The summed E-state index contributed by atoms with van der Waals surface area (Å²) in [7, 11) is -3.69. The van der Waals surface area contributed by atoms with Gasteiger partial charge in [-0.25, -0.2) is 8.42 Å². The van der Waals surface area contributed by atoms with Crippen molar-refractivity contribution < 1.29 is 18.0 Å². The van der Waals surface area contributed by atoms with Crippen LogP contribution < -0.4 is 15.8 Å². The topological polar surface area (TPSA) is 118 Å². The number of carbonyl (C=O) groups excluding carboxylic acids is 2. The van der Waals surface area contributed by atoms with Crippen LogP contribution >= 0.6 is 27.3 Å². The van der Waals surface area contributed by atoms with Crippen LogP contribution in [-0.4, -0.2) is 20.2 Å². The number of nitrogens with one attached hydrogen (secondary N) is 2. The van der Waals surface area contributed by atoms with Crippen molar-refractivity contribution in [2.45, 2.75) is 4.21 Å². The Bertz CT molecular complexity index is 1120. The first-order chi connectivity index (χ1) is 13.2. The minimum atomic E-state index is -3.69. The number of hydrogen-bond acceptors (Lipinski definition) is 5. The van der Waals surface area contributed by atoms with Gasteiger partial charge in [-0.1, -0.05) is 0 Å². The summed E-state index contributed by atoms with van der Waals surface area (Å²) in [5, 5.41) is 2.69. The molecule has 0 aliphatic rings. The number of primary amides is 1. The highest BCUT2D eigenvalue weighted by atomic mass is 79.9.